The molecule has 0 radical (unpaired) electrons. The van der Waals surface area contributed by atoms with Gasteiger partial charge < -0.3 is 14.6 Å². The zero-order valence-electron chi connectivity index (χ0n) is 16.3. The number of ether oxygens (including phenoxy) is 1. The van der Waals surface area contributed by atoms with Crippen molar-refractivity contribution in [3.8, 4) is 11.4 Å². The zero-order valence-corrected chi connectivity index (χ0v) is 17.9. The van der Waals surface area contributed by atoms with Crippen LogP contribution in [0.4, 0.5) is 0 Å². The van der Waals surface area contributed by atoms with E-state index in [1.54, 1.807) is 24.3 Å². The second kappa shape index (κ2) is 9.15. The topological polar surface area (TPSA) is 115 Å². The number of carbonyl (C=O) groups is 1. The van der Waals surface area contributed by atoms with Gasteiger partial charge in [-0.1, -0.05) is 28.9 Å². The van der Waals surface area contributed by atoms with Crippen LogP contribution in [0.1, 0.15) is 16.2 Å². The number of sulfonamides is 1. The first-order chi connectivity index (χ1) is 14.9. The number of morpholine rings is 1. The highest BCUT2D eigenvalue weighted by molar-refractivity contribution is 7.89. The fourth-order valence-corrected chi connectivity index (χ4v) is 4.64. The number of halogens is 1. The molecular formula is C20H19ClN4O5S. The lowest BCUT2D eigenvalue weighted by Crippen LogP contribution is -2.40. The Balaban J connectivity index is 1.38. The van der Waals surface area contributed by atoms with Crippen molar-refractivity contribution in [2.24, 2.45) is 0 Å². The van der Waals surface area contributed by atoms with Crippen molar-refractivity contribution in [3.63, 3.8) is 0 Å². The van der Waals surface area contributed by atoms with Gasteiger partial charge in [-0.3, -0.25) is 4.79 Å². The van der Waals surface area contributed by atoms with Crippen LogP contribution in [0, 0.1) is 0 Å². The molecule has 11 heteroatoms. The molecule has 3 aromatic rings. The molecule has 1 fully saturated rings. The number of benzene rings is 2. The van der Waals surface area contributed by atoms with Gasteiger partial charge in [-0.25, -0.2) is 8.42 Å². The standard InChI is InChI=1S/C20H19ClN4O5S/c21-16-3-1-2-15(12-16)19-23-18(30-24-19)13-22-20(26)14-4-6-17(7-5-14)31(27,28)25-8-10-29-11-9-25/h1-7,12H,8-11,13H2,(H,22,26). The third kappa shape index (κ3) is 4.93. The molecule has 0 atom stereocenters. The molecule has 0 bridgehead atoms. The van der Waals surface area contributed by atoms with Crippen molar-refractivity contribution in [3.05, 3.63) is 65.0 Å². The van der Waals surface area contributed by atoms with Gasteiger partial charge >= 0.3 is 0 Å². The fraction of sp³-hybridized carbons (Fsp3) is 0.250. The van der Waals surface area contributed by atoms with E-state index >= 15 is 0 Å². The first-order valence-electron chi connectivity index (χ1n) is 9.48. The summed E-state index contributed by atoms with van der Waals surface area (Å²) in [6, 6.07) is 12.8. The van der Waals surface area contributed by atoms with E-state index in [0.717, 1.165) is 0 Å². The quantitative estimate of drug-likeness (QED) is 0.597. The molecular weight excluding hydrogens is 444 g/mol. The molecule has 2 heterocycles. The van der Waals surface area contributed by atoms with E-state index in [-0.39, 0.29) is 17.3 Å². The molecule has 0 aliphatic carbocycles. The number of carbonyl (C=O) groups excluding carboxylic acids is 1. The van der Waals surface area contributed by atoms with Crippen molar-refractivity contribution in [2.45, 2.75) is 11.4 Å². The van der Waals surface area contributed by atoms with Gasteiger partial charge in [-0.05, 0) is 36.4 Å². The Morgan fingerprint density at radius 2 is 1.87 bits per heavy atom. The molecule has 1 aliphatic rings. The smallest absolute Gasteiger partial charge is 0.251 e. The average Bonchev–Trinajstić information content (AvgIpc) is 3.27. The van der Waals surface area contributed by atoms with E-state index < -0.39 is 15.9 Å². The molecule has 1 N–H and O–H groups in total. The Bertz CT molecular complexity index is 1170. The number of rotatable bonds is 6. The minimum absolute atomic E-state index is 0.0280. The number of amides is 1. The summed E-state index contributed by atoms with van der Waals surface area (Å²) in [5.41, 5.74) is 1.02. The molecule has 1 aliphatic heterocycles. The second-order valence-electron chi connectivity index (χ2n) is 6.75. The summed E-state index contributed by atoms with van der Waals surface area (Å²) in [5.74, 6) is 0.206. The van der Waals surface area contributed by atoms with E-state index in [4.69, 9.17) is 20.9 Å². The highest BCUT2D eigenvalue weighted by Crippen LogP contribution is 2.20. The van der Waals surface area contributed by atoms with Gasteiger partial charge in [0.05, 0.1) is 24.7 Å². The van der Waals surface area contributed by atoms with E-state index in [0.29, 0.717) is 48.3 Å². The normalized spacial score (nSPS) is 15.0. The summed E-state index contributed by atoms with van der Waals surface area (Å²) in [6.07, 6.45) is 0. The van der Waals surface area contributed by atoms with Crippen LogP contribution in [0.2, 0.25) is 5.02 Å². The van der Waals surface area contributed by atoms with Gasteiger partial charge in [0.25, 0.3) is 5.91 Å². The van der Waals surface area contributed by atoms with E-state index in [1.807, 2.05) is 0 Å². The summed E-state index contributed by atoms with van der Waals surface area (Å²) in [5, 5.41) is 7.11. The van der Waals surface area contributed by atoms with Crippen molar-refractivity contribution in [2.75, 3.05) is 26.3 Å². The van der Waals surface area contributed by atoms with E-state index in [9.17, 15) is 13.2 Å². The van der Waals surface area contributed by atoms with Gasteiger partial charge in [-0.2, -0.15) is 9.29 Å². The average molecular weight is 463 g/mol. The maximum absolute atomic E-state index is 12.7. The lowest BCUT2D eigenvalue weighted by atomic mass is 10.2. The van der Waals surface area contributed by atoms with Crippen LogP contribution >= 0.6 is 11.6 Å². The number of hydrogen-bond donors (Lipinski definition) is 1. The SMILES string of the molecule is O=C(NCc1nc(-c2cccc(Cl)c2)no1)c1ccc(S(=O)(=O)N2CCOCC2)cc1. The lowest BCUT2D eigenvalue weighted by molar-refractivity contribution is 0.0730. The molecule has 9 nitrogen and oxygen atoms in total. The van der Waals surface area contributed by atoms with Crippen LogP contribution in [-0.4, -0.2) is 55.1 Å². The zero-order chi connectivity index (χ0) is 21.8. The predicted molar refractivity (Wildman–Crippen MR) is 112 cm³/mol. The van der Waals surface area contributed by atoms with Gasteiger partial charge in [0, 0.05) is 29.2 Å². The van der Waals surface area contributed by atoms with Gasteiger partial charge in [0.1, 0.15) is 0 Å². The maximum atomic E-state index is 12.7. The third-order valence-electron chi connectivity index (χ3n) is 4.68. The monoisotopic (exact) mass is 462 g/mol. The Hall–Kier alpha value is -2.79. The Labute approximate surface area is 184 Å². The lowest BCUT2D eigenvalue weighted by Gasteiger charge is -2.26. The summed E-state index contributed by atoms with van der Waals surface area (Å²) in [7, 11) is -3.61. The number of hydrogen-bond acceptors (Lipinski definition) is 7. The van der Waals surface area contributed by atoms with Crippen molar-refractivity contribution in [1.82, 2.24) is 19.8 Å². The van der Waals surface area contributed by atoms with Crippen molar-refractivity contribution < 1.29 is 22.5 Å². The van der Waals surface area contributed by atoms with E-state index in [2.05, 4.69) is 15.5 Å². The van der Waals surface area contributed by atoms with Crippen LogP contribution in [0.3, 0.4) is 0 Å². The third-order valence-corrected chi connectivity index (χ3v) is 6.82. The van der Waals surface area contributed by atoms with E-state index in [1.165, 1.54) is 28.6 Å². The minimum atomic E-state index is -3.61. The van der Waals surface area contributed by atoms with Crippen molar-refractivity contribution >= 4 is 27.5 Å². The maximum Gasteiger partial charge on any atom is 0.251 e. The van der Waals surface area contributed by atoms with Crippen LogP contribution < -0.4 is 5.32 Å². The highest BCUT2D eigenvalue weighted by atomic mass is 35.5. The molecule has 4 rings (SSSR count). The predicted octanol–water partition coefficient (Wildman–Crippen LogP) is 2.34. The van der Waals surface area contributed by atoms with Gasteiger partial charge in [-0.15, -0.1) is 0 Å². The summed E-state index contributed by atoms with van der Waals surface area (Å²) in [4.78, 5) is 16.8. The Morgan fingerprint density at radius 1 is 1.13 bits per heavy atom. The Kier molecular flexibility index (Phi) is 6.33. The molecule has 31 heavy (non-hydrogen) atoms. The molecule has 0 unspecified atom stereocenters. The highest BCUT2D eigenvalue weighted by Gasteiger charge is 2.26. The number of nitrogens with one attached hydrogen (secondary N) is 1. The van der Waals surface area contributed by atoms with Crippen LogP contribution in [0.25, 0.3) is 11.4 Å². The van der Waals surface area contributed by atoms with Crippen LogP contribution in [0.15, 0.2) is 57.9 Å². The molecule has 1 amide bonds. The molecule has 162 valence electrons. The van der Waals surface area contributed by atoms with Crippen molar-refractivity contribution in [1.29, 1.82) is 0 Å². The minimum Gasteiger partial charge on any atom is -0.379 e. The van der Waals surface area contributed by atoms with Gasteiger partial charge in [0.2, 0.25) is 21.7 Å². The molecule has 0 saturated carbocycles. The van der Waals surface area contributed by atoms with Crippen LogP contribution in [-0.2, 0) is 21.3 Å². The summed E-state index contributed by atoms with van der Waals surface area (Å²) < 4.78 is 37.0. The second-order valence-corrected chi connectivity index (χ2v) is 9.12. The molecule has 1 saturated heterocycles. The Morgan fingerprint density at radius 3 is 2.58 bits per heavy atom. The first-order valence-corrected chi connectivity index (χ1v) is 11.3. The molecule has 2 aromatic carbocycles. The largest absolute Gasteiger partial charge is 0.379 e. The number of aromatic nitrogens is 2. The summed E-state index contributed by atoms with van der Waals surface area (Å²) in [6.45, 7) is 1.39. The number of nitrogens with zero attached hydrogens (tertiary/aromatic N) is 3. The first kappa shape index (κ1) is 21.4. The molecule has 0 spiro atoms. The van der Waals surface area contributed by atoms with Gasteiger partial charge in [0.15, 0.2) is 0 Å². The molecule has 1 aromatic heterocycles. The summed E-state index contributed by atoms with van der Waals surface area (Å²) >= 11 is 5.97. The fourth-order valence-electron chi connectivity index (χ4n) is 3.04. The van der Waals surface area contributed by atoms with Crippen LogP contribution in [0.5, 0.6) is 0 Å².